The normalized spacial score (nSPS) is 11.6. The average Bonchev–Trinajstić information content (AvgIpc) is 2.76. The second kappa shape index (κ2) is 6.56. The van der Waals surface area contributed by atoms with Gasteiger partial charge in [0.1, 0.15) is 4.90 Å². The molecule has 5 nitrogen and oxygen atoms in total. The Bertz CT molecular complexity index is 762. The molecule has 0 saturated carbocycles. The van der Waals surface area contributed by atoms with E-state index < -0.39 is 9.05 Å². The van der Waals surface area contributed by atoms with Crippen LogP contribution in [0.2, 0.25) is 5.02 Å². The first-order valence-electron chi connectivity index (χ1n) is 5.82. The second-order valence-electron chi connectivity index (χ2n) is 4.20. The van der Waals surface area contributed by atoms with Gasteiger partial charge in [0.25, 0.3) is 9.05 Å². The third-order valence-electron chi connectivity index (χ3n) is 2.76. The van der Waals surface area contributed by atoms with Crippen LogP contribution < -0.4 is 4.74 Å². The fourth-order valence-corrected chi connectivity index (χ4v) is 3.84. The predicted octanol–water partition coefficient (Wildman–Crippen LogP) is 3.39. The summed E-state index contributed by atoms with van der Waals surface area (Å²) in [6.45, 7) is 0.250. The molecule has 0 spiro atoms. The number of aryl methyl sites for hydroxylation is 1. The Kier molecular flexibility index (Phi) is 5.19. The molecule has 0 N–H and O–H groups in total. The molecular weight excluding hydrogens is 403 g/mol. The zero-order valence-electron chi connectivity index (χ0n) is 10.9. The Morgan fingerprint density at radius 3 is 2.71 bits per heavy atom. The topological polar surface area (TPSA) is 61.2 Å². The fraction of sp³-hybridized carbons (Fsp3) is 0.250. The number of benzene rings is 1. The van der Waals surface area contributed by atoms with E-state index in [4.69, 9.17) is 27.0 Å². The molecule has 114 valence electrons. The second-order valence-corrected chi connectivity index (χ2v) is 8.05. The number of rotatable bonds is 5. The van der Waals surface area contributed by atoms with Gasteiger partial charge < -0.3 is 4.74 Å². The molecule has 0 unspecified atom stereocenters. The van der Waals surface area contributed by atoms with Crippen molar-refractivity contribution in [2.24, 2.45) is 7.05 Å². The third-order valence-corrected chi connectivity index (χ3v) is 4.83. The van der Waals surface area contributed by atoms with Crippen molar-refractivity contribution in [2.75, 3.05) is 6.61 Å². The highest BCUT2D eigenvalue weighted by Crippen LogP contribution is 2.37. The Balaban J connectivity index is 2.22. The van der Waals surface area contributed by atoms with Crippen molar-refractivity contribution < 1.29 is 13.2 Å². The lowest BCUT2D eigenvalue weighted by atomic mass is 10.3. The molecule has 1 aromatic carbocycles. The van der Waals surface area contributed by atoms with Gasteiger partial charge in [-0.2, -0.15) is 5.10 Å². The van der Waals surface area contributed by atoms with Gasteiger partial charge in [-0.3, -0.25) is 4.68 Å². The molecule has 0 bridgehead atoms. The highest BCUT2D eigenvalue weighted by molar-refractivity contribution is 9.10. The zero-order valence-corrected chi connectivity index (χ0v) is 14.8. The van der Waals surface area contributed by atoms with Crippen molar-refractivity contribution in [3.63, 3.8) is 0 Å². The number of ether oxygens (including phenoxy) is 1. The first kappa shape index (κ1) is 16.6. The summed E-state index contributed by atoms with van der Waals surface area (Å²) in [7, 11) is 3.27. The van der Waals surface area contributed by atoms with Gasteiger partial charge in [-0.15, -0.1) is 0 Å². The predicted molar refractivity (Wildman–Crippen MR) is 84.6 cm³/mol. The number of aromatic nitrogens is 2. The minimum atomic E-state index is -3.96. The Morgan fingerprint density at radius 2 is 2.14 bits per heavy atom. The number of halogens is 3. The smallest absolute Gasteiger partial charge is 0.265 e. The molecule has 0 aliphatic heterocycles. The summed E-state index contributed by atoms with van der Waals surface area (Å²) in [6.07, 6.45) is 2.24. The Morgan fingerprint density at radius 1 is 1.43 bits per heavy atom. The molecular formula is C12H11BrCl2N2O3S. The van der Waals surface area contributed by atoms with Gasteiger partial charge in [-0.05, 0) is 18.2 Å². The van der Waals surface area contributed by atoms with Crippen LogP contribution in [-0.2, 0) is 22.5 Å². The highest BCUT2D eigenvalue weighted by atomic mass is 79.9. The van der Waals surface area contributed by atoms with Crippen LogP contribution in [0.5, 0.6) is 5.75 Å². The van der Waals surface area contributed by atoms with Crippen molar-refractivity contribution in [1.82, 2.24) is 9.78 Å². The van der Waals surface area contributed by atoms with E-state index in [-0.39, 0.29) is 22.3 Å². The molecule has 0 aliphatic rings. The molecule has 21 heavy (non-hydrogen) atoms. The standard InChI is InChI=1S/C12H11BrCl2N2O3S/c1-17-9(2-4-16-17)3-5-20-12-10(14)6-8(13)7-11(12)21(15,18)19/h2,4,6-7H,3,5H2,1H3. The van der Waals surface area contributed by atoms with Crippen molar-refractivity contribution >= 4 is 47.3 Å². The maximum atomic E-state index is 11.6. The lowest BCUT2D eigenvalue weighted by Crippen LogP contribution is -2.08. The number of hydrogen-bond acceptors (Lipinski definition) is 4. The average molecular weight is 414 g/mol. The minimum absolute atomic E-state index is 0.0528. The molecule has 1 heterocycles. The van der Waals surface area contributed by atoms with E-state index in [1.54, 1.807) is 16.9 Å². The number of nitrogens with zero attached hydrogens (tertiary/aromatic N) is 2. The lowest BCUT2D eigenvalue weighted by Gasteiger charge is -2.12. The van der Waals surface area contributed by atoms with Crippen molar-refractivity contribution in [1.29, 1.82) is 0 Å². The van der Waals surface area contributed by atoms with E-state index in [0.717, 1.165) is 5.69 Å². The van der Waals surface area contributed by atoms with E-state index in [1.165, 1.54) is 6.07 Å². The molecule has 0 fully saturated rings. The van der Waals surface area contributed by atoms with E-state index >= 15 is 0 Å². The molecule has 0 saturated heterocycles. The molecule has 2 rings (SSSR count). The van der Waals surface area contributed by atoms with Crippen LogP contribution in [0, 0.1) is 0 Å². The van der Waals surface area contributed by atoms with Gasteiger partial charge in [0.15, 0.2) is 5.75 Å². The van der Waals surface area contributed by atoms with Crippen LogP contribution in [0.3, 0.4) is 0 Å². The first-order chi connectivity index (χ1) is 9.79. The van der Waals surface area contributed by atoms with Gasteiger partial charge in [0, 0.05) is 40.5 Å². The zero-order chi connectivity index (χ0) is 15.6. The van der Waals surface area contributed by atoms with Crippen LogP contribution >= 0.6 is 38.2 Å². The summed E-state index contributed by atoms with van der Waals surface area (Å²) in [5.41, 5.74) is 0.957. The third kappa shape index (κ3) is 4.12. The molecule has 2 aromatic rings. The van der Waals surface area contributed by atoms with Crippen LogP contribution in [0.4, 0.5) is 0 Å². The molecule has 0 radical (unpaired) electrons. The first-order valence-corrected chi connectivity index (χ1v) is 9.30. The van der Waals surface area contributed by atoms with Crippen molar-refractivity contribution in [3.8, 4) is 5.75 Å². The van der Waals surface area contributed by atoms with Crippen LogP contribution in [0.15, 0.2) is 33.8 Å². The Labute approximate surface area is 140 Å². The lowest BCUT2D eigenvalue weighted by molar-refractivity contribution is 0.310. The summed E-state index contributed by atoms with van der Waals surface area (Å²) >= 11 is 9.21. The van der Waals surface area contributed by atoms with Crippen LogP contribution in [-0.4, -0.2) is 24.8 Å². The molecule has 0 aliphatic carbocycles. The molecule has 0 amide bonds. The molecule has 1 aromatic heterocycles. The summed E-state index contributed by atoms with van der Waals surface area (Å²) in [4.78, 5) is -0.159. The van der Waals surface area contributed by atoms with E-state index in [9.17, 15) is 8.42 Å². The fourth-order valence-electron chi connectivity index (χ4n) is 1.76. The summed E-state index contributed by atoms with van der Waals surface area (Å²) < 4.78 is 30.9. The quantitative estimate of drug-likeness (QED) is 0.705. The monoisotopic (exact) mass is 412 g/mol. The molecule has 9 heteroatoms. The van der Waals surface area contributed by atoms with Gasteiger partial charge in [0.2, 0.25) is 0 Å². The van der Waals surface area contributed by atoms with Gasteiger partial charge in [-0.1, -0.05) is 27.5 Å². The Hall–Kier alpha value is -0.760. The van der Waals surface area contributed by atoms with Gasteiger partial charge in [0.05, 0.1) is 11.6 Å². The maximum absolute atomic E-state index is 11.6. The summed E-state index contributed by atoms with van der Waals surface area (Å²) in [6, 6.07) is 4.76. The van der Waals surface area contributed by atoms with E-state index in [1.807, 2.05) is 13.1 Å². The van der Waals surface area contributed by atoms with Crippen LogP contribution in [0.25, 0.3) is 0 Å². The van der Waals surface area contributed by atoms with Gasteiger partial charge >= 0.3 is 0 Å². The van der Waals surface area contributed by atoms with Crippen molar-refractivity contribution in [2.45, 2.75) is 11.3 Å². The van der Waals surface area contributed by atoms with Gasteiger partial charge in [-0.25, -0.2) is 8.42 Å². The van der Waals surface area contributed by atoms with E-state index in [2.05, 4.69) is 21.0 Å². The summed E-state index contributed by atoms with van der Waals surface area (Å²) in [5, 5.41) is 4.21. The summed E-state index contributed by atoms with van der Waals surface area (Å²) in [5.74, 6) is 0.0528. The minimum Gasteiger partial charge on any atom is -0.490 e. The van der Waals surface area contributed by atoms with Crippen LogP contribution in [0.1, 0.15) is 5.69 Å². The molecule has 0 atom stereocenters. The SMILES string of the molecule is Cn1nccc1CCOc1c(Cl)cc(Br)cc1S(=O)(=O)Cl. The maximum Gasteiger partial charge on any atom is 0.265 e. The van der Waals surface area contributed by atoms with Crippen molar-refractivity contribution in [3.05, 3.63) is 39.6 Å². The largest absolute Gasteiger partial charge is 0.490 e. The van der Waals surface area contributed by atoms with E-state index in [0.29, 0.717) is 10.9 Å². The number of hydrogen-bond donors (Lipinski definition) is 0. The highest BCUT2D eigenvalue weighted by Gasteiger charge is 2.21.